The van der Waals surface area contributed by atoms with Crippen molar-refractivity contribution in [3.63, 3.8) is 0 Å². The zero-order valence-electron chi connectivity index (χ0n) is 9.82. The molecule has 0 spiro atoms. The van der Waals surface area contributed by atoms with Crippen LogP contribution in [0.5, 0.6) is 0 Å². The second kappa shape index (κ2) is 6.03. The SMILES string of the molecule is COCCn1ncc(Br)c1C(O)c1cnccn1. The number of hydrogen-bond donors (Lipinski definition) is 1. The van der Waals surface area contributed by atoms with E-state index in [1.807, 2.05) is 0 Å². The lowest BCUT2D eigenvalue weighted by Crippen LogP contribution is -2.14. The van der Waals surface area contributed by atoms with E-state index in [9.17, 15) is 5.11 Å². The van der Waals surface area contributed by atoms with E-state index in [0.717, 1.165) is 4.47 Å². The molecule has 2 aromatic heterocycles. The summed E-state index contributed by atoms with van der Waals surface area (Å²) in [6.45, 7) is 1.09. The highest BCUT2D eigenvalue weighted by atomic mass is 79.9. The van der Waals surface area contributed by atoms with E-state index in [-0.39, 0.29) is 0 Å². The molecule has 1 atom stereocenters. The van der Waals surface area contributed by atoms with E-state index in [2.05, 4.69) is 31.0 Å². The Kier molecular flexibility index (Phi) is 4.40. The predicted molar refractivity (Wildman–Crippen MR) is 67.9 cm³/mol. The Morgan fingerprint density at radius 1 is 1.44 bits per heavy atom. The third-order valence-corrected chi connectivity index (χ3v) is 3.07. The Labute approximate surface area is 113 Å². The van der Waals surface area contributed by atoms with Gasteiger partial charge in [-0.05, 0) is 15.9 Å². The summed E-state index contributed by atoms with van der Waals surface area (Å²) in [6.07, 6.45) is 5.41. The van der Waals surface area contributed by atoms with Crippen LogP contribution in [-0.4, -0.2) is 38.6 Å². The van der Waals surface area contributed by atoms with E-state index in [1.165, 1.54) is 6.20 Å². The summed E-state index contributed by atoms with van der Waals surface area (Å²) in [5.74, 6) is 0. The molecule has 0 aromatic carbocycles. The number of aromatic nitrogens is 4. The lowest BCUT2D eigenvalue weighted by Gasteiger charge is -2.13. The topological polar surface area (TPSA) is 73.1 Å². The maximum absolute atomic E-state index is 10.3. The number of nitrogens with zero attached hydrogens (tertiary/aromatic N) is 4. The Balaban J connectivity index is 2.29. The molecule has 0 aliphatic heterocycles. The smallest absolute Gasteiger partial charge is 0.140 e. The number of ether oxygens (including phenoxy) is 1. The minimum atomic E-state index is -0.868. The highest BCUT2D eigenvalue weighted by Crippen LogP contribution is 2.26. The van der Waals surface area contributed by atoms with Crippen molar-refractivity contribution in [2.24, 2.45) is 0 Å². The Morgan fingerprint density at radius 2 is 2.28 bits per heavy atom. The average molecular weight is 313 g/mol. The first kappa shape index (κ1) is 13.1. The van der Waals surface area contributed by atoms with Crippen molar-refractivity contribution in [3.8, 4) is 0 Å². The van der Waals surface area contributed by atoms with Crippen molar-refractivity contribution in [2.75, 3.05) is 13.7 Å². The zero-order chi connectivity index (χ0) is 13.0. The molecule has 2 heterocycles. The van der Waals surface area contributed by atoms with Crippen molar-refractivity contribution in [2.45, 2.75) is 12.6 Å². The van der Waals surface area contributed by atoms with Gasteiger partial charge in [0.25, 0.3) is 0 Å². The van der Waals surface area contributed by atoms with Gasteiger partial charge in [0, 0.05) is 19.5 Å². The second-order valence-corrected chi connectivity index (χ2v) is 4.48. The molecule has 0 aliphatic rings. The molecule has 96 valence electrons. The predicted octanol–water partition coefficient (Wildman–Crippen LogP) is 1.16. The zero-order valence-corrected chi connectivity index (χ0v) is 11.4. The van der Waals surface area contributed by atoms with Crippen LogP contribution in [0.2, 0.25) is 0 Å². The Morgan fingerprint density at radius 3 is 2.94 bits per heavy atom. The normalized spacial score (nSPS) is 12.6. The molecule has 2 aromatic rings. The molecular formula is C11H13BrN4O2. The summed E-state index contributed by atoms with van der Waals surface area (Å²) in [5.41, 5.74) is 1.13. The van der Waals surface area contributed by atoms with Crippen LogP contribution in [0.4, 0.5) is 0 Å². The van der Waals surface area contributed by atoms with E-state index < -0.39 is 6.10 Å². The molecule has 0 saturated carbocycles. The first-order chi connectivity index (χ1) is 8.74. The fourth-order valence-electron chi connectivity index (χ4n) is 1.59. The van der Waals surface area contributed by atoms with Crippen molar-refractivity contribution in [1.29, 1.82) is 0 Å². The average Bonchev–Trinajstić information content (AvgIpc) is 2.77. The summed E-state index contributed by atoms with van der Waals surface area (Å²) in [7, 11) is 1.62. The first-order valence-corrected chi connectivity index (χ1v) is 6.17. The van der Waals surface area contributed by atoms with Gasteiger partial charge >= 0.3 is 0 Å². The minimum Gasteiger partial charge on any atom is -0.383 e. The number of halogens is 1. The fraction of sp³-hybridized carbons (Fsp3) is 0.364. The molecule has 0 amide bonds. The molecule has 7 heteroatoms. The van der Waals surface area contributed by atoms with Gasteiger partial charge in [0.1, 0.15) is 6.10 Å². The third-order valence-electron chi connectivity index (χ3n) is 2.46. The number of rotatable bonds is 5. The van der Waals surface area contributed by atoms with Crippen LogP contribution in [0.15, 0.2) is 29.3 Å². The molecule has 0 radical (unpaired) electrons. The third kappa shape index (κ3) is 2.74. The molecule has 0 saturated heterocycles. The summed E-state index contributed by atoms with van der Waals surface area (Å²) < 4.78 is 7.43. The van der Waals surface area contributed by atoms with Gasteiger partial charge in [-0.3, -0.25) is 14.6 Å². The molecule has 2 rings (SSSR count). The maximum atomic E-state index is 10.3. The number of aliphatic hydroxyl groups excluding tert-OH is 1. The highest BCUT2D eigenvalue weighted by molar-refractivity contribution is 9.10. The van der Waals surface area contributed by atoms with Gasteiger partial charge in [-0.25, -0.2) is 0 Å². The van der Waals surface area contributed by atoms with Crippen LogP contribution in [0.3, 0.4) is 0 Å². The van der Waals surface area contributed by atoms with E-state index in [4.69, 9.17) is 4.74 Å². The van der Waals surface area contributed by atoms with Crippen LogP contribution < -0.4 is 0 Å². The van der Waals surface area contributed by atoms with E-state index in [1.54, 1.807) is 30.4 Å². The summed E-state index contributed by atoms with van der Waals surface area (Å²) >= 11 is 3.37. The van der Waals surface area contributed by atoms with Crippen molar-refractivity contribution in [1.82, 2.24) is 19.7 Å². The molecule has 6 nitrogen and oxygen atoms in total. The fourth-order valence-corrected chi connectivity index (χ4v) is 2.10. The van der Waals surface area contributed by atoms with Crippen LogP contribution in [0, 0.1) is 0 Å². The summed E-state index contributed by atoms with van der Waals surface area (Å²) in [6, 6.07) is 0. The van der Waals surface area contributed by atoms with Gasteiger partial charge in [-0.1, -0.05) is 0 Å². The number of hydrogen-bond acceptors (Lipinski definition) is 5. The largest absolute Gasteiger partial charge is 0.383 e. The van der Waals surface area contributed by atoms with Gasteiger partial charge in [0.05, 0.1) is 41.4 Å². The summed E-state index contributed by atoms with van der Waals surface area (Å²) in [4.78, 5) is 8.04. The van der Waals surface area contributed by atoms with Gasteiger partial charge < -0.3 is 9.84 Å². The van der Waals surface area contributed by atoms with Crippen LogP contribution >= 0.6 is 15.9 Å². The molecule has 1 unspecified atom stereocenters. The first-order valence-electron chi connectivity index (χ1n) is 5.38. The van der Waals surface area contributed by atoms with Gasteiger partial charge in [-0.15, -0.1) is 0 Å². The lowest BCUT2D eigenvalue weighted by molar-refractivity contribution is 0.169. The molecule has 1 N–H and O–H groups in total. The van der Waals surface area contributed by atoms with Gasteiger partial charge in [-0.2, -0.15) is 5.10 Å². The molecule has 0 fully saturated rings. The second-order valence-electron chi connectivity index (χ2n) is 3.63. The lowest BCUT2D eigenvalue weighted by atomic mass is 10.2. The minimum absolute atomic E-state index is 0.484. The monoisotopic (exact) mass is 312 g/mol. The number of aliphatic hydroxyl groups is 1. The molecule has 0 bridgehead atoms. The van der Waals surface area contributed by atoms with Gasteiger partial charge in [0.15, 0.2) is 0 Å². The standard InChI is InChI=1S/C11H13BrN4O2/c1-18-5-4-16-10(8(12)6-15-16)11(17)9-7-13-2-3-14-9/h2-3,6-7,11,17H,4-5H2,1H3. The quantitative estimate of drug-likeness (QED) is 0.897. The Bertz CT molecular complexity index is 503. The molecule has 0 aliphatic carbocycles. The van der Waals surface area contributed by atoms with Crippen LogP contribution in [-0.2, 0) is 11.3 Å². The molecular weight excluding hydrogens is 300 g/mol. The van der Waals surface area contributed by atoms with E-state index >= 15 is 0 Å². The molecule has 18 heavy (non-hydrogen) atoms. The van der Waals surface area contributed by atoms with Crippen molar-refractivity contribution in [3.05, 3.63) is 40.6 Å². The van der Waals surface area contributed by atoms with Gasteiger partial charge in [0.2, 0.25) is 0 Å². The summed E-state index contributed by atoms with van der Waals surface area (Å²) in [5, 5.41) is 14.5. The number of methoxy groups -OCH3 is 1. The van der Waals surface area contributed by atoms with Crippen molar-refractivity contribution >= 4 is 15.9 Å². The highest BCUT2D eigenvalue weighted by Gasteiger charge is 2.20. The van der Waals surface area contributed by atoms with Crippen molar-refractivity contribution < 1.29 is 9.84 Å². The van der Waals surface area contributed by atoms with E-state index in [0.29, 0.717) is 24.5 Å². The van der Waals surface area contributed by atoms with Crippen LogP contribution in [0.1, 0.15) is 17.5 Å². The Hall–Kier alpha value is -1.31. The maximum Gasteiger partial charge on any atom is 0.140 e. The van der Waals surface area contributed by atoms with Crippen LogP contribution in [0.25, 0.3) is 0 Å².